The first-order valence-corrected chi connectivity index (χ1v) is 10.7. The van der Waals surface area contributed by atoms with Crippen LogP contribution in [-0.2, 0) is 13.0 Å². The molecule has 3 aromatic rings. The number of hydrogen-bond donors (Lipinski definition) is 1. The Hall–Kier alpha value is -3.08. The number of hydrogen-bond acceptors (Lipinski definition) is 3. The van der Waals surface area contributed by atoms with Crippen molar-refractivity contribution in [2.24, 2.45) is 0 Å². The van der Waals surface area contributed by atoms with E-state index >= 15 is 0 Å². The molecule has 1 N–H and O–H groups in total. The second-order valence-electron chi connectivity index (χ2n) is 8.29. The molecule has 4 rings (SSSR count). The highest BCUT2D eigenvalue weighted by molar-refractivity contribution is 5.33. The van der Waals surface area contributed by atoms with E-state index in [1.165, 1.54) is 9.13 Å². The van der Waals surface area contributed by atoms with Gasteiger partial charge in [-0.25, -0.2) is 4.79 Å². The zero-order valence-corrected chi connectivity index (χ0v) is 17.4. The minimum atomic E-state index is -0.416. The molecule has 1 aliphatic rings. The van der Waals surface area contributed by atoms with Crippen molar-refractivity contribution in [3.8, 4) is 5.88 Å². The van der Waals surface area contributed by atoms with Crippen molar-refractivity contribution in [3.05, 3.63) is 97.7 Å². The Balaban J connectivity index is 1.85. The highest BCUT2D eigenvalue weighted by Gasteiger charge is 2.25. The second kappa shape index (κ2) is 8.74. The lowest BCUT2D eigenvalue weighted by atomic mass is 9.95. The highest BCUT2D eigenvalue weighted by Crippen LogP contribution is 2.27. The van der Waals surface area contributed by atoms with Crippen molar-refractivity contribution < 1.29 is 5.11 Å². The molecule has 1 fully saturated rings. The summed E-state index contributed by atoms with van der Waals surface area (Å²) >= 11 is 0. The molecule has 30 heavy (non-hydrogen) atoms. The van der Waals surface area contributed by atoms with E-state index in [0.29, 0.717) is 12.0 Å². The van der Waals surface area contributed by atoms with Crippen LogP contribution in [0.3, 0.4) is 0 Å². The van der Waals surface area contributed by atoms with E-state index in [9.17, 15) is 14.7 Å². The van der Waals surface area contributed by atoms with Crippen molar-refractivity contribution in [1.82, 2.24) is 9.13 Å². The van der Waals surface area contributed by atoms with Gasteiger partial charge in [0.05, 0.1) is 12.1 Å². The quantitative estimate of drug-likeness (QED) is 0.694. The van der Waals surface area contributed by atoms with Crippen molar-refractivity contribution in [1.29, 1.82) is 0 Å². The fourth-order valence-corrected chi connectivity index (χ4v) is 4.35. The van der Waals surface area contributed by atoms with E-state index in [4.69, 9.17) is 0 Å². The monoisotopic (exact) mass is 404 g/mol. The molecule has 1 saturated carbocycles. The molecular weight excluding hydrogens is 376 g/mol. The number of rotatable bonds is 5. The third-order valence-electron chi connectivity index (χ3n) is 6.06. The molecule has 5 nitrogen and oxygen atoms in total. The van der Waals surface area contributed by atoms with Crippen LogP contribution in [0, 0.1) is 6.92 Å². The van der Waals surface area contributed by atoms with E-state index in [0.717, 1.165) is 48.8 Å². The number of aromatic hydroxyl groups is 1. The van der Waals surface area contributed by atoms with Gasteiger partial charge >= 0.3 is 5.69 Å². The third-order valence-corrected chi connectivity index (χ3v) is 6.06. The average molecular weight is 405 g/mol. The van der Waals surface area contributed by atoms with Gasteiger partial charge in [0.15, 0.2) is 0 Å². The van der Waals surface area contributed by atoms with Crippen LogP contribution in [0.1, 0.15) is 60.4 Å². The predicted octanol–water partition coefficient (Wildman–Crippen LogP) is 4.17. The Morgan fingerprint density at radius 1 is 0.900 bits per heavy atom. The molecule has 0 spiro atoms. The zero-order valence-electron chi connectivity index (χ0n) is 17.4. The normalized spacial score (nSPS) is 14.7. The summed E-state index contributed by atoms with van der Waals surface area (Å²) in [6.45, 7) is 2.25. The molecule has 0 unspecified atom stereocenters. The molecule has 0 bridgehead atoms. The van der Waals surface area contributed by atoms with Crippen LogP contribution < -0.4 is 11.2 Å². The minimum Gasteiger partial charge on any atom is -0.494 e. The lowest BCUT2D eigenvalue weighted by Crippen LogP contribution is -2.44. The Morgan fingerprint density at radius 2 is 1.57 bits per heavy atom. The second-order valence-corrected chi connectivity index (χ2v) is 8.29. The summed E-state index contributed by atoms with van der Waals surface area (Å²) in [7, 11) is 0. The van der Waals surface area contributed by atoms with E-state index < -0.39 is 5.69 Å². The van der Waals surface area contributed by atoms with E-state index in [1.807, 2.05) is 61.5 Å². The smallest absolute Gasteiger partial charge is 0.334 e. The fraction of sp³-hybridized carbons (Fsp3) is 0.360. The van der Waals surface area contributed by atoms with Crippen LogP contribution in [-0.4, -0.2) is 14.2 Å². The lowest BCUT2D eigenvalue weighted by molar-refractivity contribution is 0.316. The fourth-order valence-electron chi connectivity index (χ4n) is 4.35. The summed E-state index contributed by atoms with van der Waals surface area (Å²) in [4.78, 5) is 26.7. The third kappa shape index (κ3) is 4.11. The maximum absolute atomic E-state index is 13.4. The molecular formula is C25H28N2O3. The molecule has 0 amide bonds. The molecule has 1 aromatic heterocycles. The SMILES string of the molecule is Cc1ccc(Cc2c(O)n(Cc3ccccc3)c(=O)n(C3CCCCC3)c2=O)cc1. The Bertz CT molecular complexity index is 1120. The molecule has 1 aliphatic carbocycles. The molecule has 2 aromatic carbocycles. The molecule has 0 aliphatic heterocycles. The molecule has 0 radical (unpaired) electrons. The van der Waals surface area contributed by atoms with Crippen LogP contribution >= 0.6 is 0 Å². The molecule has 156 valence electrons. The van der Waals surface area contributed by atoms with Crippen LogP contribution in [0.4, 0.5) is 0 Å². The summed E-state index contributed by atoms with van der Waals surface area (Å²) in [5.74, 6) is -0.221. The van der Waals surface area contributed by atoms with Crippen LogP contribution in [0.15, 0.2) is 64.2 Å². The van der Waals surface area contributed by atoms with Crippen LogP contribution in [0.2, 0.25) is 0 Å². The Labute approximate surface area is 176 Å². The van der Waals surface area contributed by atoms with Gasteiger partial charge in [-0.2, -0.15) is 0 Å². The number of nitrogens with zero attached hydrogens (tertiary/aromatic N) is 2. The van der Waals surface area contributed by atoms with Crippen LogP contribution in [0.25, 0.3) is 0 Å². The van der Waals surface area contributed by atoms with E-state index in [1.54, 1.807) is 0 Å². The van der Waals surface area contributed by atoms with Crippen LogP contribution in [0.5, 0.6) is 5.88 Å². The summed E-state index contributed by atoms with van der Waals surface area (Å²) in [5, 5.41) is 11.0. The molecule has 1 heterocycles. The van der Waals surface area contributed by atoms with Gasteiger partial charge in [-0.05, 0) is 30.9 Å². The van der Waals surface area contributed by atoms with Crippen molar-refractivity contribution in [3.63, 3.8) is 0 Å². The largest absolute Gasteiger partial charge is 0.494 e. The minimum absolute atomic E-state index is 0.0989. The number of benzene rings is 2. The van der Waals surface area contributed by atoms with Crippen molar-refractivity contribution in [2.45, 2.75) is 58.0 Å². The highest BCUT2D eigenvalue weighted by atomic mass is 16.3. The predicted molar refractivity (Wildman–Crippen MR) is 118 cm³/mol. The van der Waals surface area contributed by atoms with Gasteiger partial charge in [-0.1, -0.05) is 79.4 Å². The maximum atomic E-state index is 13.4. The van der Waals surface area contributed by atoms with Gasteiger partial charge in [0.25, 0.3) is 5.56 Å². The van der Waals surface area contributed by atoms with Gasteiger partial charge in [-0.3, -0.25) is 13.9 Å². The zero-order chi connectivity index (χ0) is 21.1. The first-order chi connectivity index (χ1) is 14.5. The molecule has 0 saturated heterocycles. The lowest BCUT2D eigenvalue weighted by Gasteiger charge is -2.25. The standard InChI is InChI=1S/C25H28N2O3/c1-18-12-14-19(15-13-18)16-22-23(28)26(17-20-8-4-2-5-9-20)25(30)27(24(22)29)21-10-6-3-7-11-21/h2,4-5,8-9,12-15,21,28H,3,6-7,10-11,16-17H2,1H3. The van der Waals surface area contributed by atoms with Crippen molar-refractivity contribution in [2.75, 3.05) is 0 Å². The number of aromatic nitrogens is 2. The Kier molecular flexibility index (Phi) is 5.88. The number of aryl methyl sites for hydroxylation is 1. The van der Waals surface area contributed by atoms with Gasteiger partial charge in [0.1, 0.15) is 0 Å². The summed E-state index contributed by atoms with van der Waals surface area (Å²) in [6, 6.07) is 17.4. The summed E-state index contributed by atoms with van der Waals surface area (Å²) < 4.78 is 2.76. The average Bonchev–Trinajstić information content (AvgIpc) is 2.77. The van der Waals surface area contributed by atoms with Gasteiger partial charge in [-0.15, -0.1) is 0 Å². The van der Waals surface area contributed by atoms with Gasteiger partial charge in [0.2, 0.25) is 5.88 Å². The first kappa shape index (κ1) is 20.2. The summed E-state index contributed by atoms with van der Waals surface area (Å²) in [5.41, 5.74) is 2.50. The van der Waals surface area contributed by atoms with Gasteiger partial charge < -0.3 is 5.11 Å². The van der Waals surface area contributed by atoms with Gasteiger partial charge in [0, 0.05) is 12.5 Å². The van der Waals surface area contributed by atoms with Crippen molar-refractivity contribution >= 4 is 0 Å². The Morgan fingerprint density at radius 3 is 2.23 bits per heavy atom. The molecule has 0 atom stereocenters. The van der Waals surface area contributed by atoms with E-state index in [-0.39, 0.29) is 24.0 Å². The topological polar surface area (TPSA) is 64.2 Å². The first-order valence-electron chi connectivity index (χ1n) is 10.7. The maximum Gasteiger partial charge on any atom is 0.334 e. The van der Waals surface area contributed by atoms with E-state index in [2.05, 4.69) is 0 Å². The molecule has 5 heteroatoms. The summed E-state index contributed by atoms with van der Waals surface area (Å²) in [6.07, 6.45) is 5.13.